The van der Waals surface area contributed by atoms with Crippen molar-refractivity contribution in [3.63, 3.8) is 0 Å². The fraction of sp³-hybridized carbons (Fsp3) is 0.308. The molecule has 0 aliphatic rings. The maximum atomic E-state index is 2.50. The van der Waals surface area contributed by atoms with Crippen molar-refractivity contribution in [2.75, 3.05) is 0 Å². The predicted octanol–water partition coefficient (Wildman–Crippen LogP) is 15.3. The van der Waals surface area contributed by atoms with E-state index in [4.69, 9.17) is 0 Å². The van der Waals surface area contributed by atoms with Crippen LogP contribution < -0.4 is 0 Å². The summed E-state index contributed by atoms with van der Waals surface area (Å²) in [7, 11) is 0. The van der Waals surface area contributed by atoms with Crippen molar-refractivity contribution in [3.05, 3.63) is 144 Å². The van der Waals surface area contributed by atoms with Gasteiger partial charge in [-0.25, -0.2) is 0 Å². The summed E-state index contributed by atoms with van der Waals surface area (Å²) in [4.78, 5) is 0. The van der Waals surface area contributed by atoms with E-state index in [1.165, 1.54) is 88.0 Å². The summed E-state index contributed by atoms with van der Waals surface area (Å²) in [6.45, 7) is 27.7. The van der Waals surface area contributed by atoms with Crippen LogP contribution in [0.5, 0.6) is 0 Å². The van der Waals surface area contributed by atoms with Gasteiger partial charge in [-0.3, -0.25) is 0 Å². The van der Waals surface area contributed by atoms with Gasteiger partial charge < -0.3 is 0 Å². The molecule has 7 rings (SSSR count). The lowest BCUT2D eigenvalue weighted by Crippen LogP contribution is -2.11. The van der Waals surface area contributed by atoms with Crippen molar-refractivity contribution in [3.8, 4) is 33.4 Å². The molecular formula is C52H56. The zero-order valence-corrected chi connectivity index (χ0v) is 33.5. The third-order valence-corrected chi connectivity index (χ3v) is 11.1. The van der Waals surface area contributed by atoms with E-state index in [0.717, 1.165) is 0 Å². The van der Waals surface area contributed by atoms with E-state index >= 15 is 0 Å². The van der Waals surface area contributed by atoms with E-state index < -0.39 is 0 Å². The quantitative estimate of drug-likeness (QED) is 0.163. The van der Waals surface area contributed by atoms with Crippen LogP contribution in [0.2, 0.25) is 0 Å². The highest BCUT2D eigenvalue weighted by molar-refractivity contribution is 6.29. The molecule has 7 aromatic carbocycles. The van der Waals surface area contributed by atoms with Gasteiger partial charge in [-0.2, -0.15) is 0 Å². The average molecular weight is 681 g/mol. The number of fused-ring (bicyclic) bond motifs is 3. The normalized spacial score (nSPS) is 13.0. The molecule has 0 bridgehead atoms. The average Bonchev–Trinajstić information content (AvgIpc) is 3.08. The van der Waals surface area contributed by atoms with Gasteiger partial charge in [0.05, 0.1) is 0 Å². The molecule has 0 heteroatoms. The van der Waals surface area contributed by atoms with E-state index in [1.54, 1.807) is 0 Å². The number of hydrogen-bond donors (Lipinski definition) is 0. The second kappa shape index (κ2) is 12.5. The lowest BCUT2D eigenvalue weighted by Gasteiger charge is -2.26. The Kier molecular flexibility index (Phi) is 8.57. The third kappa shape index (κ3) is 6.47. The zero-order valence-electron chi connectivity index (χ0n) is 33.5. The van der Waals surface area contributed by atoms with Crippen LogP contribution in [0, 0.1) is 0 Å². The lowest BCUT2D eigenvalue weighted by atomic mass is 9.77. The van der Waals surface area contributed by atoms with Crippen LogP contribution in [0.25, 0.3) is 65.7 Å². The molecule has 0 N–H and O–H groups in total. The van der Waals surface area contributed by atoms with Gasteiger partial charge in [0.25, 0.3) is 0 Å². The standard InChI is InChI=1S/C52H56/c1-49(2,3)37-22-18-34(19-23-37)45-42-29-27-40(52(10,11)12)32-43(42)47(33-16-14-13-15-17-33)48-44(45)31-36-30-39(51(7,8)9)26-28-41(36)46(48)35-20-24-38(25-21-35)50(4,5)6/h13-32H,1-12H3. The van der Waals surface area contributed by atoms with Gasteiger partial charge in [0.15, 0.2) is 0 Å². The highest BCUT2D eigenvalue weighted by Gasteiger charge is 2.26. The van der Waals surface area contributed by atoms with Gasteiger partial charge >= 0.3 is 0 Å². The highest BCUT2D eigenvalue weighted by Crippen LogP contribution is 2.50. The minimum absolute atomic E-state index is 0.00395. The third-order valence-electron chi connectivity index (χ3n) is 11.1. The minimum Gasteiger partial charge on any atom is -0.0622 e. The van der Waals surface area contributed by atoms with Gasteiger partial charge in [-0.1, -0.05) is 192 Å². The Hall–Kier alpha value is -4.68. The molecule has 0 fully saturated rings. The minimum atomic E-state index is 0.00395. The van der Waals surface area contributed by atoms with Crippen LogP contribution in [0.15, 0.2) is 121 Å². The fourth-order valence-corrected chi connectivity index (χ4v) is 7.83. The SMILES string of the molecule is CC(C)(C)c1ccc(-c2c3ccc(C(C)(C)C)cc3c(-c3ccccc3)c3c(-c4ccc(C(C)(C)C)cc4)c4ccc(C(C)(C)C)cc4cc23)cc1. The summed E-state index contributed by atoms with van der Waals surface area (Å²) >= 11 is 0. The lowest BCUT2D eigenvalue weighted by molar-refractivity contribution is 0.590. The molecule has 0 aliphatic heterocycles. The second-order valence-corrected chi connectivity index (χ2v) is 19.1. The molecule has 0 radical (unpaired) electrons. The molecule has 0 saturated heterocycles. The fourth-order valence-electron chi connectivity index (χ4n) is 7.83. The Balaban J connectivity index is 1.76. The number of hydrogen-bond acceptors (Lipinski definition) is 0. The van der Waals surface area contributed by atoms with E-state index in [2.05, 4.69) is 204 Å². The van der Waals surface area contributed by atoms with E-state index in [1.807, 2.05) is 0 Å². The first-order valence-electron chi connectivity index (χ1n) is 19.1. The largest absolute Gasteiger partial charge is 0.0622 e. The van der Waals surface area contributed by atoms with Crippen molar-refractivity contribution in [1.82, 2.24) is 0 Å². The van der Waals surface area contributed by atoms with Crippen LogP contribution in [0.4, 0.5) is 0 Å². The van der Waals surface area contributed by atoms with E-state index in [0.29, 0.717) is 0 Å². The summed E-state index contributed by atoms with van der Waals surface area (Å²) < 4.78 is 0. The first-order chi connectivity index (χ1) is 24.3. The van der Waals surface area contributed by atoms with Crippen LogP contribution in [-0.4, -0.2) is 0 Å². The van der Waals surface area contributed by atoms with E-state index in [-0.39, 0.29) is 21.7 Å². The van der Waals surface area contributed by atoms with Gasteiger partial charge in [-0.05, 0) is 122 Å². The van der Waals surface area contributed by atoms with Gasteiger partial charge in [-0.15, -0.1) is 0 Å². The van der Waals surface area contributed by atoms with Gasteiger partial charge in [0, 0.05) is 0 Å². The first kappa shape index (κ1) is 35.7. The van der Waals surface area contributed by atoms with Crippen molar-refractivity contribution in [2.24, 2.45) is 0 Å². The maximum absolute atomic E-state index is 2.50. The Morgan fingerprint density at radius 1 is 0.288 bits per heavy atom. The predicted molar refractivity (Wildman–Crippen MR) is 230 cm³/mol. The number of benzene rings is 7. The number of rotatable bonds is 3. The molecule has 0 aromatic heterocycles. The van der Waals surface area contributed by atoms with E-state index in [9.17, 15) is 0 Å². The molecule has 0 atom stereocenters. The summed E-state index contributed by atoms with van der Waals surface area (Å²) in [6.07, 6.45) is 0. The maximum Gasteiger partial charge on any atom is -0.000764 e. The summed E-state index contributed by atoms with van der Waals surface area (Å²) in [5.41, 5.74) is 13.3. The van der Waals surface area contributed by atoms with Crippen molar-refractivity contribution >= 4 is 32.3 Å². The summed E-state index contributed by atoms with van der Waals surface area (Å²) in [5.74, 6) is 0. The smallest absolute Gasteiger partial charge is 0.000764 e. The molecule has 0 aliphatic carbocycles. The zero-order chi connectivity index (χ0) is 37.4. The van der Waals surface area contributed by atoms with Crippen LogP contribution in [0.3, 0.4) is 0 Å². The Morgan fingerprint density at radius 2 is 0.692 bits per heavy atom. The molecule has 264 valence electrons. The van der Waals surface area contributed by atoms with Crippen LogP contribution >= 0.6 is 0 Å². The molecule has 0 saturated carbocycles. The highest BCUT2D eigenvalue weighted by atomic mass is 14.3. The molecule has 0 heterocycles. The topological polar surface area (TPSA) is 0 Å². The molecule has 52 heavy (non-hydrogen) atoms. The molecule has 0 nitrogen and oxygen atoms in total. The van der Waals surface area contributed by atoms with Gasteiger partial charge in [0.1, 0.15) is 0 Å². The molecular weight excluding hydrogens is 625 g/mol. The Labute approximate surface area is 312 Å². The Morgan fingerprint density at radius 3 is 1.19 bits per heavy atom. The molecule has 0 spiro atoms. The summed E-state index contributed by atoms with van der Waals surface area (Å²) in [5, 5.41) is 7.79. The molecule has 0 amide bonds. The van der Waals surface area contributed by atoms with Gasteiger partial charge in [0.2, 0.25) is 0 Å². The monoisotopic (exact) mass is 680 g/mol. The van der Waals surface area contributed by atoms with Crippen molar-refractivity contribution in [2.45, 2.75) is 105 Å². The van der Waals surface area contributed by atoms with Crippen LogP contribution in [-0.2, 0) is 21.7 Å². The van der Waals surface area contributed by atoms with Crippen molar-refractivity contribution < 1.29 is 0 Å². The Bertz CT molecular complexity index is 2430. The summed E-state index contributed by atoms with van der Waals surface area (Å²) in [6, 6.07) is 46.9. The van der Waals surface area contributed by atoms with Crippen molar-refractivity contribution in [1.29, 1.82) is 0 Å². The molecule has 7 aromatic rings. The molecule has 0 unspecified atom stereocenters. The second-order valence-electron chi connectivity index (χ2n) is 19.1. The van der Waals surface area contributed by atoms with Crippen LogP contribution in [0.1, 0.15) is 105 Å². The first-order valence-corrected chi connectivity index (χ1v) is 19.1.